The summed E-state index contributed by atoms with van der Waals surface area (Å²) in [5, 5.41) is 12.9. The number of rotatable bonds is 3. The van der Waals surface area contributed by atoms with Crippen LogP contribution in [-0.4, -0.2) is 9.78 Å². The Labute approximate surface area is 99.0 Å². The third kappa shape index (κ3) is 2.37. The molecule has 2 N–H and O–H groups in total. The Morgan fingerprint density at radius 2 is 2.35 bits per heavy atom. The Kier molecular flexibility index (Phi) is 2.97. The van der Waals surface area contributed by atoms with Crippen molar-refractivity contribution >= 4 is 5.69 Å². The third-order valence-corrected chi connectivity index (χ3v) is 2.30. The van der Waals surface area contributed by atoms with Gasteiger partial charge >= 0.3 is 0 Å². The molecule has 0 aliphatic carbocycles. The quantitative estimate of drug-likeness (QED) is 0.816. The van der Waals surface area contributed by atoms with Gasteiger partial charge in [0.25, 0.3) is 0 Å². The molecule has 0 aliphatic rings. The molecular weight excluding hydrogens is 216 g/mol. The van der Waals surface area contributed by atoms with Crippen LogP contribution in [0.25, 0.3) is 0 Å². The summed E-state index contributed by atoms with van der Waals surface area (Å²) in [6.45, 7) is 2.76. The minimum atomic E-state index is 0.472. The Morgan fingerprint density at radius 3 is 3.00 bits per heavy atom. The van der Waals surface area contributed by atoms with Crippen molar-refractivity contribution in [3.63, 3.8) is 0 Å². The first-order valence-electron chi connectivity index (χ1n) is 5.23. The van der Waals surface area contributed by atoms with Crippen molar-refractivity contribution in [3.8, 4) is 17.6 Å². The largest absolute Gasteiger partial charge is 0.452 e. The summed E-state index contributed by atoms with van der Waals surface area (Å²) in [7, 11) is 0. The number of benzene rings is 1. The summed E-state index contributed by atoms with van der Waals surface area (Å²) in [6.07, 6.45) is 3.39. The number of aromatic nitrogens is 2. The molecule has 2 rings (SSSR count). The molecule has 2 aromatic rings. The van der Waals surface area contributed by atoms with Crippen LogP contribution in [0.4, 0.5) is 5.69 Å². The highest BCUT2D eigenvalue weighted by atomic mass is 16.5. The molecule has 1 aromatic heterocycles. The fourth-order valence-corrected chi connectivity index (χ4v) is 1.39. The van der Waals surface area contributed by atoms with Gasteiger partial charge in [-0.3, -0.25) is 4.68 Å². The minimum Gasteiger partial charge on any atom is -0.452 e. The van der Waals surface area contributed by atoms with Crippen molar-refractivity contribution in [1.82, 2.24) is 9.78 Å². The van der Waals surface area contributed by atoms with Gasteiger partial charge in [-0.05, 0) is 19.1 Å². The summed E-state index contributed by atoms with van der Waals surface area (Å²) in [6, 6.07) is 6.95. The Morgan fingerprint density at radius 1 is 1.53 bits per heavy atom. The van der Waals surface area contributed by atoms with Gasteiger partial charge in [-0.2, -0.15) is 10.4 Å². The van der Waals surface area contributed by atoms with Gasteiger partial charge in [-0.25, -0.2) is 0 Å². The molecule has 0 amide bonds. The molecule has 0 bridgehead atoms. The van der Waals surface area contributed by atoms with Gasteiger partial charge in [0.05, 0.1) is 29.7 Å². The van der Waals surface area contributed by atoms with E-state index in [0.29, 0.717) is 22.7 Å². The van der Waals surface area contributed by atoms with Gasteiger partial charge in [0.15, 0.2) is 11.5 Å². The van der Waals surface area contributed by atoms with E-state index >= 15 is 0 Å². The van der Waals surface area contributed by atoms with E-state index < -0.39 is 0 Å². The van der Waals surface area contributed by atoms with E-state index in [1.807, 2.05) is 13.0 Å². The lowest BCUT2D eigenvalue weighted by molar-refractivity contribution is 0.483. The molecule has 86 valence electrons. The van der Waals surface area contributed by atoms with Crippen molar-refractivity contribution in [2.45, 2.75) is 13.5 Å². The lowest BCUT2D eigenvalue weighted by Gasteiger charge is -2.06. The van der Waals surface area contributed by atoms with Crippen LogP contribution in [0, 0.1) is 11.3 Å². The van der Waals surface area contributed by atoms with E-state index in [4.69, 9.17) is 15.7 Å². The standard InChI is InChI=1S/C12H12N4O/c1-2-16-8-10(7-15-16)17-12-5-9(6-13)3-4-11(12)14/h3-5,7-8H,2,14H2,1H3. The second-order valence-electron chi connectivity index (χ2n) is 3.50. The number of aryl methyl sites for hydroxylation is 1. The van der Waals surface area contributed by atoms with E-state index in [9.17, 15) is 0 Å². The van der Waals surface area contributed by atoms with Crippen LogP contribution < -0.4 is 10.5 Å². The Hall–Kier alpha value is -2.48. The Bertz CT molecular complexity index is 568. The number of nitrogen functional groups attached to an aromatic ring is 1. The maximum absolute atomic E-state index is 8.80. The zero-order chi connectivity index (χ0) is 12.3. The van der Waals surface area contributed by atoms with Gasteiger partial charge in [-0.1, -0.05) is 0 Å². The summed E-state index contributed by atoms with van der Waals surface area (Å²) in [4.78, 5) is 0. The first-order valence-corrected chi connectivity index (χ1v) is 5.23. The third-order valence-electron chi connectivity index (χ3n) is 2.30. The number of nitriles is 1. The average Bonchev–Trinajstić information content (AvgIpc) is 2.80. The molecule has 5 heteroatoms. The minimum absolute atomic E-state index is 0.472. The van der Waals surface area contributed by atoms with Crippen LogP contribution >= 0.6 is 0 Å². The van der Waals surface area contributed by atoms with Crippen LogP contribution in [0.1, 0.15) is 12.5 Å². The van der Waals surface area contributed by atoms with Gasteiger partial charge in [0.1, 0.15) is 0 Å². The monoisotopic (exact) mass is 228 g/mol. The van der Waals surface area contributed by atoms with Crippen LogP contribution in [0.3, 0.4) is 0 Å². The lowest BCUT2D eigenvalue weighted by Crippen LogP contribution is -1.93. The second kappa shape index (κ2) is 4.58. The molecule has 0 saturated carbocycles. The summed E-state index contributed by atoms with van der Waals surface area (Å²) in [5.41, 5.74) is 6.77. The molecule has 1 heterocycles. The molecule has 0 saturated heterocycles. The summed E-state index contributed by atoms with van der Waals surface area (Å²) in [5.74, 6) is 1.08. The normalized spacial score (nSPS) is 9.88. The van der Waals surface area contributed by atoms with E-state index in [1.165, 1.54) is 0 Å². The number of anilines is 1. The van der Waals surface area contributed by atoms with E-state index in [0.717, 1.165) is 6.54 Å². The maximum Gasteiger partial charge on any atom is 0.165 e. The summed E-state index contributed by atoms with van der Waals surface area (Å²) < 4.78 is 7.32. The summed E-state index contributed by atoms with van der Waals surface area (Å²) >= 11 is 0. The molecule has 1 aromatic carbocycles. The Balaban J connectivity index is 2.26. The number of nitrogens with zero attached hydrogens (tertiary/aromatic N) is 3. The first-order chi connectivity index (χ1) is 8.22. The van der Waals surface area contributed by atoms with Crippen LogP contribution in [0.2, 0.25) is 0 Å². The number of hydrogen-bond donors (Lipinski definition) is 1. The van der Waals surface area contributed by atoms with E-state index in [-0.39, 0.29) is 0 Å². The molecule has 0 spiro atoms. The first kappa shape index (κ1) is 11.0. The zero-order valence-corrected chi connectivity index (χ0v) is 9.42. The predicted octanol–water partition coefficient (Wildman–Crippen LogP) is 2.15. The highest BCUT2D eigenvalue weighted by Gasteiger charge is 2.05. The van der Waals surface area contributed by atoms with Crippen molar-refractivity contribution in [3.05, 3.63) is 36.2 Å². The molecule has 0 unspecified atom stereocenters. The van der Waals surface area contributed by atoms with Crippen molar-refractivity contribution < 1.29 is 4.74 Å². The van der Waals surface area contributed by atoms with Gasteiger partial charge in [0, 0.05) is 12.6 Å². The van der Waals surface area contributed by atoms with Crippen LogP contribution in [0.15, 0.2) is 30.6 Å². The zero-order valence-electron chi connectivity index (χ0n) is 9.42. The van der Waals surface area contributed by atoms with E-state index in [2.05, 4.69) is 5.10 Å². The predicted molar refractivity (Wildman–Crippen MR) is 63.5 cm³/mol. The molecule has 0 aliphatic heterocycles. The van der Waals surface area contributed by atoms with Gasteiger partial charge in [-0.15, -0.1) is 0 Å². The number of nitrogens with two attached hydrogens (primary N) is 1. The van der Waals surface area contributed by atoms with Crippen LogP contribution in [0.5, 0.6) is 11.5 Å². The average molecular weight is 228 g/mol. The van der Waals surface area contributed by atoms with Gasteiger partial charge in [0.2, 0.25) is 0 Å². The lowest BCUT2D eigenvalue weighted by atomic mass is 10.2. The molecule has 17 heavy (non-hydrogen) atoms. The topological polar surface area (TPSA) is 76.9 Å². The van der Waals surface area contributed by atoms with Crippen LogP contribution in [-0.2, 0) is 6.54 Å². The highest BCUT2D eigenvalue weighted by Crippen LogP contribution is 2.27. The van der Waals surface area contributed by atoms with Gasteiger partial charge < -0.3 is 10.5 Å². The number of ether oxygens (including phenoxy) is 1. The van der Waals surface area contributed by atoms with Crippen molar-refractivity contribution in [1.29, 1.82) is 5.26 Å². The molecule has 0 atom stereocenters. The molecule has 0 fully saturated rings. The van der Waals surface area contributed by atoms with Crippen molar-refractivity contribution in [2.24, 2.45) is 0 Å². The second-order valence-corrected chi connectivity index (χ2v) is 3.50. The fourth-order valence-electron chi connectivity index (χ4n) is 1.39. The smallest absolute Gasteiger partial charge is 0.165 e. The molecular formula is C12H12N4O. The molecule has 0 radical (unpaired) electrons. The van der Waals surface area contributed by atoms with E-state index in [1.54, 1.807) is 35.3 Å². The highest BCUT2D eigenvalue weighted by molar-refractivity contribution is 5.57. The SMILES string of the molecule is CCn1cc(Oc2cc(C#N)ccc2N)cn1. The molecule has 5 nitrogen and oxygen atoms in total. The number of hydrogen-bond acceptors (Lipinski definition) is 4. The fraction of sp³-hybridized carbons (Fsp3) is 0.167. The maximum atomic E-state index is 8.80. The van der Waals surface area contributed by atoms with Crippen molar-refractivity contribution in [2.75, 3.05) is 5.73 Å².